The first-order valence-electron chi connectivity index (χ1n) is 6.40. The predicted molar refractivity (Wildman–Crippen MR) is 67.7 cm³/mol. The van der Waals surface area contributed by atoms with E-state index in [2.05, 4.69) is 0 Å². The van der Waals surface area contributed by atoms with Gasteiger partial charge in [0, 0.05) is 19.4 Å². The van der Waals surface area contributed by atoms with Crippen LogP contribution in [0.2, 0.25) is 0 Å². The normalized spacial score (nSPS) is 23.1. The van der Waals surface area contributed by atoms with Crippen molar-refractivity contribution < 1.29 is 18.4 Å². The molecule has 1 heterocycles. The van der Waals surface area contributed by atoms with Crippen LogP contribution in [0.4, 0.5) is 8.78 Å². The molecule has 7 heteroatoms. The minimum absolute atomic E-state index is 0.114. The van der Waals surface area contributed by atoms with Crippen LogP contribution in [-0.4, -0.2) is 34.7 Å². The number of primary amides is 1. The Labute approximate surface area is 116 Å². The molecule has 0 bridgehead atoms. The molecule has 0 radical (unpaired) electrons. The van der Waals surface area contributed by atoms with Gasteiger partial charge in [0.2, 0.25) is 11.8 Å². The lowest BCUT2D eigenvalue weighted by atomic mass is 9.99. The van der Waals surface area contributed by atoms with E-state index in [1.54, 1.807) is 6.92 Å². The molecular formula is C12H19ClF2N2O2. The average molecular weight is 297 g/mol. The number of hydrogen-bond donors (Lipinski definition) is 1. The van der Waals surface area contributed by atoms with Gasteiger partial charge in [-0.25, -0.2) is 0 Å². The number of nitrogens with zero attached hydrogens (tertiary/aromatic N) is 1. The smallest absolute Gasteiger partial charge is 0.322 e. The second-order valence-electron chi connectivity index (χ2n) is 4.95. The zero-order valence-electron chi connectivity index (χ0n) is 10.9. The van der Waals surface area contributed by atoms with E-state index < -0.39 is 29.7 Å². The summed E-state index contributed by atoms with van der Waals surface area (Å²) in [5.74, 6) is -1.22. The Kier molecular flexibility index (Phi) is 5.52. The molecule has 0 saturated carbocycles. The van der Waals surface area contributed by atoms with E-state index in [1.165, 1.54) is 4.90 Å². The van der Waals surface area contributed by atoms with Gasteiger partial charge in [-0.2, -0.15) is 8.78 Å². The van der Waals surface area contributed by atoms with Crippen LogP contribution < -0.4 is 5.73 Å². The molecule has 0 aromatic carbocycles. The number of alkyl halides is 3. The Morgan fingerprint density at radius 2 is 2.26 bits per heavy atom. The number of carbonyl (C=O) groups excluding carboxylic acids is 2. The number of likely N-dealkylation sites (tertiary alicyclic amines) is 1. The minimum atomic E-state index is -3.28. The lowest BCUT2D eigenvalue weighted by molar-refractivity contribution is -0.139. The largest absolute Gasteiger partial charge is 0.368 e. The maximum atomic E-state index is 12.9. The highest BCUT2D eigenvalue weighted by molar-refractivity contribution is 6.21. The summed E-state index contributed by atoms with van der Waals surface area (Å²) >= 11 is 4.95. The fourth-order valence-corrected chi connectivity index (χ4v) is 2.75. The zero-order valence-corrected chi connectivity index (χ0v) is 11.6. The van der Waals surface area contributed by atoms with Crippen molar-refractivity contribution in [2.75, 3.05) is 6.54 Å². The van der Waals surface area contributed by atoms with Crippen LogP contribution in [0.3, 0.4) is 0 Å². The number of nitrogens with two attached hydrogens (primary N) is 1. The van der Waals surface area contributed by atoms with Gasteiger partial charge in [-0.05, 0) is 36.8 Å². The molecule has 0 aliphatic carbocycles. The van der Waals surface area contributed by atoms with Crippen molar-refractivity contribution in [3.05, 3.63) is 0 Å². The molecule has 1 fully saturated rings. The third kappa shape index (κ3) is 4.93. The van der Waals surface area contributed by atoms with Gasteiger partial charge in [-0.1, -0.05) is 6.92 Å². The van der Waals surface area contributed by atoms with E-state index in [-0.39, 0.29) is 18.9 Å². The summed E-state index contributed by atoms with van der Waals surface area (Å²) in [7, 11) is 0. The second-order valence-corrected chi connectivity index (χ2v) is 5.50. The highest BCUT2D eigenvalue weighted by Crippen LogP contribution is 2.32. The molecule has 19 heavy (non-hydrogen) atoms. The Morgan fingerprint density at radius 1 is 1.63 bits per heavy atom. The van der Waals surface area contributed by atoms with E-state index in [1.807, 2.05) is 0 Å². The highest BCUT2D eigenvalue weighted by Gasteiger charge is 2.35. The molecule has 0 spiro atoms. The Bertz CT molecular complexity index is 347. The van der Waals surface area contributed by atoms with Crippen LogP contribution in [0, 0.1) is 5.92 Å². The quantitative estimate of drug-likeness (QED) is 0.790. The summed E-state index contributed by atoms with van der Waals surface area (Å²) in [5, 5.41) is -3.28. The SMILES string of the molecule is CCC(C(N)=O)N1CC(CC(F)(F)Cl)CCCC1=O. The van der Waals surface area contributed by atoms with Crippen molar-refractivity contribution in [1.82, 2.24) is 4.90 Å². The number of hydrogen-bond acceptors (Lipinski definition) is 2. The first kappa shape index (κ1) is 16.1. The van der Waals surface area contributed by atoms with E-state index in [4.69, 9.17) is 17.3 Å². The van der Waals surface area contributed by atoms with Crippen molar-refractivity contribution in [1.29, 1.82) is 0 Å². The third-order valence-electron chi connectivity index (χ3n) is 3.39. The van der Waals surface area contributed by atoms with Crippen LogP contribution in [-0.2, 0) is 9.59 Å². The summed E-state index contributed by atoms with van der Waals surface area (Å²) < 4.78 is 25.8. The molecule has 1 rings (SSSR count). The van der Waals surface area contributed by atoms with Crippen molar-refractivity contribution in [2.24, 2.45) is 11.7 Å². The average Bonchev–Trinajstić information content (AvgIpc) is 2.40. The molecule has 2 atom stereocenters. The number of halogens is 3. The molecule has 110 valence electrons. The van der Waals surface area contributed by atoms with Crippen molar-refractivity contribution >= 4 is 23.4 Å². The van der Waals surface area contributed by atoms with Gasteiger partial charge in [0.1, 0.15) is 6.04 Å². The van der Waals surface area contributed by atoms with Crippen molar-refractivity contribution in [3.8, 4) is 0 Å². The van der Waals surface area contributed by atoms with E-state index in [9.17, 15) is 18.4 Å². The van der Waals surface area contributed by atoms with E-state index in [0.717, 1.165) is 0 Å². The Hall–Kier alpha value is -0.910. The Balaban J connectivity index is 2.82. The molecule has 0 aromatic heterocycles. The van der Waals surface area contributed by atoms with Gasteiger partial charge in [0.25, 0.3) is 0 Å². The summed E-state index contributed by atoms with van der Waals surface area (Å²) in [5.41, 5.74) is 5.26. The summed E-state index contributed by atoms with van der Waals surface area (Å²) in [6, 6.07) is -0.725. The topological polar surface area (TPSA) is 63.4 Å². The van der Waals surface area contributed by atoms with E-state index >= 15 is 0 Å². The van der Waals surface area contributed by atoms with Gasteiger partial charge in [-0.3, -0.25) is 9.59 Å². The summed E-state index contributed by atoms with van der Waals surface area (Å²) in [4.78, 5) is 24.6. The van der Waals surface area contributed by atoms with Gasteiger partial charge < -0.3 is 10.6 Å². The number of rotatable bonds is 5. The van der Waals surface area contributed by atoms with Crippen LogP contribution in [0.1, 0.15) is 39.0 Å². The maximum absolute atomic E-state index is 12.9. The fraction of sp³-hybridized carbons (Fsp3) is 0.833. The molecule has 2 amide bonds. The molecule has 1 saturated heterocycles. The van der Waals surface area contributed by atoms with Crippen LogP contribution in [0.15, 0.2) is 0 Å². The molecular weight excluding hydrogens is 278 g/mol. The first-order valence-corrected chi connectivity index (χ1v) is 6.78. The molecule has 1 aliphatic rings. The van der Waals surface area contributed by atoms with Gasteiger partial charge in [0.05, 0.1) is 0 Å². The molecule has 4 nitrogen and oxygen atoms in total. The molecule has 0 aromatic rings. The van der Waals surface area contributed by atoms with Crippen molar-refractivity contribution in [2.45, 2.75) is 50.5 Å². The van der Waals surface area contributed by atoms with Crippen molar-refractivity contribution in [3.63, 3.8) is 0 Å². The third-order valence-corrected chi connectivity index (χ3v) is 3.54. The van der Waals surface area contributed by atoms with Gasteiger partial charge >= 0.3 is 5.38 Å². The fourth-order valence-electron chi connectivity index (χ4n) is 2.53. The predicted octanol–water partition coefficient (Wildman–Crippen LogP) is 2.10. The lowest BCUT2D eigenvalue weighted by Gasteiger charge is -2.30. The summed E-state index contributed by atoms with van der Waals surface area (Å²) in [6.07, 6.45) is 1.18. The standard InChI is InChI=1S/C12H19ClF2N2O2/c1-2-9(11(16)19)17-7-8(6-12(13,14)15)4-3-5-10(17)18/h8-9H,2-7H2,1H3,(H2,16,19). The highest BCUT2D eigenvalue weighted by atomic mass is 35.5. The van der Waals surface area contributed by atoms with E-state index in [0.29, 0.717) is 19.3 Å². The first-order chi connectivity index (χ1) is 8.74. The van der Waals surface area contributed by atoms with Crippen LogP contribution in [0.25, 0.3) is 0 Å². The second kappa shape index (κ2) is 6.50. The molecule has 1 aliphatic heterocycles. The van der Waals surface area contributed by atoms with Gasteiger partial charge in [0.15, 0.2) is 0 Å². The number of amides is 2. The van der Waals surface area contributed by atoms with Crippen LogP contribution in [0.5, 0.6) is 0 Å². The summed E-state index contributed by atoms with van der Waals surface area (Å²) in [6.45, 7) is 1.85. The molecule has 2 N–H and O–H groups in total. The molecule has 2 unspecified atom stereocenters. The monoisotopic (exact) mass is 296 g/mol. The lowest BCUT2D eigenvalue weighted by Crippen LogP contribution is -2.48. The van der Waals surface area contributed by atoms with Gasteiger partial charge in [-0.15, -0.1) is 0 Å². The minimum Gasteiger partial charge on any atom is -0.368 e. The maximum Gasteiger partial charge on any atom is 0.322 e. The zero-order chi connectivity index (χ0) is 14.6. The Morgan fingerprint density at radius 3 is 2.74 bits per heavy atom. The number of carbonyl (C=O) groups is 2. The van der Waals surface area contributed by atoms with Crippen LogP contribution >= 0.6 is 11.6 Å².